The number of piperidine rings is 1. The lowest BCUT2D eigenvalue weighted by atomic mass is 9.87. The SMILES string of the molecule is Cl.Cl.O=C(NCC1CCN(CC(F)(F)F)C1)C1(n2cccn2)CCNCC1. The van der Waals surface area contributed by atoms with Crippen molar-refractivity contribution in [1.29, 1.82) is 0 Å². The third kappa shape index (κ3) is 5.97. The molecule has 0 radical (unpaired) electrons. The van der Waals surface area contributed by atoms with Gasteiger partial charge in [-0.3, -0.25) is 14.4 Å². The highest BCUT2D eigenvalue weighted by Crippen LogP contribution is 2.28. The fourth-order valence-corrected chi connectivity index (χ4v) is 3.80. The lowest BCUT2D eigenvalue weighted by molar-refractivity contribution is -0.144. The van der Waals surface area contributed by atoms with Gasteiger partial charge in [0.2, 0.25) is 5.91 Å². The Hall–Kier alpha value is -1.03. The number of rotatable bonds is 5. The number of aromatic nitrogens is 2. The molecule has 1 aromatic heterocycles. The maximum absolute atomic E-state index is 12.9. The summed E-state index contributed by atoms with van der Waals surface area (Å²) in [7, 11) is 0. The molecule has 2 aliphatic heterocycles. The summed E-state index contributed by atoms with van der Waals surface area (Å²) in [5, 5.41) is 10.5. The maximum Gasteiger partial charge on any atom is 0.401 e. The number of hydrogen-bond donors (Lipinski definition) is 2. The van der Waals surface area contributed by atoms with Crippen molar-refractivity contribution < 1.29 is 18.0 Å². The van der Waals surface area contributed by atoms with Crippen LogP contribution in [0.1, 0.15) is 19.3 Å². The van der Waals surface area contributed by atoms with Gasteiger partial charge in [-0.1, -0.05) is 0 Å². The van der Waals surface area contributed by atoms with Crippen molar-refractivity contribution in [3.63, 3.8) is 0 Å². The molecule has 3 rings (SSSR count). The molecule has 6 nitrogen and oxygen atoms in total. The number of nitrogens with one attached hydrogen (secondary N) is 2. The third-order valence-corrected chi connectivity index (χ3v) is 5.12. The summed E-state index contributed by atoms with van der Waals surface area (Å²) in [5.74, 6) is -0.0327. The van der Waals surface area contributed by atoms with Crippen LogP contribution in [0.3, 0.4) is 0 Å². The number of hydrogen-bond acceptors (Lipinski definition) is 4. The van der Waals surface area contributed by atoms with Crippen LogP contribution in [0.25, 0.3) is 0 Å². The van der Waals surface area contributed by atoms with Crippen molar-refractivity contribution >= 4 is 30.7 Å². The van der Waals surface area contributed by atoms with Gasteiger partial charge in [0.15, 0.2) is 0 Å². The van der Waals surface area contributed by atoms with Gasteiger partial charge >= 0.3 is 6.18 Å². The first-order valence-electron chi connectivity index (χ1n) is 8.67. The van der Waals surface area contributed by atoms with Crippen molar-refractivity contribution in [3.05, 3.63) is 18.5 Å². The number of carbonyl (C=O) groups excluding carboxylic acids is 1. The van der Waals surface area contributed by atoms with Crippen molar-refractivity contribution in [3.8, 4) is 0 Å². The van der Waals surface area contributed by atoms with E-state index in [0.29, 0.717) is 38.9 Å². The van der Waals surface area contributed by atoms with Crippen LogP contribution in [-0.4, -0.2) is 66.0 Å². The minimum absolute atomic E-state index is 0. The Balaban J connectivity index is 0.00000182. The molecule has 2 fully saturated rings. The Kier molecular flexibility index (Phi) is 8.85. The molecule has 1 unspecified atom stereocenters. The first-order valence-corrected chi connectivity index (χ1v) is 8.67. The van der Waals surface area contributed by atoms with E-state index in [1.807, 2.05) is 0 Å². The summed E-state index contributed by atoms with van der Waals surface area (Å²) >= 11 is 0. The van der Waals surface area contributed by atoms with E-state index in [9.17, 15) is 18.0 Å². The van der Waals surface area contributed by atoms with Gasteiger partial charge in [-0.2, -0.15) is 18.3 Å². The lowest BCUT2D eigenvalue weighted by Gasteiger charge is -2.36. The zero-order valence-electron chi connectivity index (χ0n) is 14.9. The molecule has 1 amide bonds. The zero-order valence-corrected chi connectivity index (χ0v) is 16.5. The molecular formula is C16H26Cl2F3N5O. The van der Waals surface area contributed by atoms with Crippen LogP contribution in [0.5, 0.6) is 0 Å². The Morgan fingerprint density at radius 1 is 1.30 bits per heavy atom. The summed E-state index contributed by atoms with van der Waals surface area (Å²) in [4.78, 5) is 14.3. The number of nitrogens with zero attached hydrogens (tertiary/aromatic N) is 3. The monoisotopic (exact) mass is 431 g/mol. The molecule has 0 bridgehead atoms. The highest BCUT2D eigenvalue weighted by molar-refractivity contribution is 5.85. The van der Waals surface area contributed by atoms with Crippen molar-refractivity contribution in [2.75, 3.05) is 39.3 Å². The molecule has 156 valence electrons. The van der Waals surface area contributed by atoms with E-state index in [-0.39, 0.29) is 36.6 Å². The normalized spacial score (nSPS) is 22.6. The first-order chi connectivity index (χ1) is 11.9. The Bertz CT molecular complexity index is 579. The molecule has 2 aliphatic rings. The average molecular weight is 432 g/mol. The molecule has 3 heterocycles. The van der Waals surface area contributed by atoms with E-state index in [1.54, 1.807) is 23.1 Å². The van der Waals surface area contributed by atoms with Gasteiger partial charge in [0, 0.05) is 25.5 Å². The molecule has 0 aromatic carbocycles. The van der Waals surface area contributed by atoms with Gasteiger partial charge in [0.1, 0.15) is 5.54 Å². The van der Waals surface area contributed by atoms with Crippen LogP contribution in [0.4, 0.5) is 13.2 Å². The number of alkyl halides is 3. The molecule has 2 saturated heterocycles. The van der Waals surface area contributed by atoms with Gasteiger partial charge in [-0.05, 0) is 50.9 Å². The minimum atomic E-state index is -4.17. The van der Waals surface area contributed by atoms with Crippen molar-refractivity contribution in [1.82, 2.24) is 25.3 Å². The number of carbonyl (C=O) groups is 1. The van der Waals surface area contributed by atoms with E-state index in [0.717, 1.165) is 13.1 Å². The van der Waals surface area contributed by atoms with Gasteiger partial charge < -0.3 is 10.6 Å². The summed E-state index contributed by atoms with van der Waals surface area (Å²) in [6.07, 6.45) is 1.25. The topological polar surface area (TPSA) is 62.2 Å². The summed E-state index contributed by atoms with van der Waals surface area (Å²) in [6, 6.07) is 1.79. The molecule has 1 atom stereocenters. The van der Waals surface area contributed by atoms with E-state index < -0.39 is 18.3 Å². The quantitative estimate of drug-likeness (QED) is 0.745. The van der Waals surface area contributed by atoms with Crippen LogP contribution >= 0.6 is 24.8 Å². The first kappa shape index (κ1) is 24.0. The summed E-state index contributed by atoms with van der Waals surface area (Å²) < 4.78 is 39.1. The summed E-state index contributed by atoms with van der Waals surface area (Å²) in [5.41, 5.74) is -0.709. The predicted octanol–water partition coefficient (Wildman–Crippen LogP) is 1.81. The standard InChI is InChI=1S/C16H24F3N5O.2ClH/c17-16(18,19)12-23-9-2-13(11-23)10-21-14(25)15(3-6-20-7-4-15)24-8-1-5-22-24;;/h1,5,8,13,20H,2-4,6-7,9-12H2,(H,21,25);2*1H. The largest absolute Gasteiger partial charge is 0.401 e. The predicted molar refractivity (Wildman–Crippen MR) is 100 cm³/mol. The van der Waals surface area contributed by atoms with Gasteiger partial charge in [0.25, 0.3) is 0 Å². The fraction of sp³-hybridized carbons (Fsp3) is 0.750. The highest BCUT2D eigenvalue weighted by atomic mass is 35.5. The van der Waals surface area contributed by atoms with E-state index in [2.05, 4.69) is 15.7 Å². The molecular weight excluding hydrogens is 406 g/mol. The highest BCUT2D eigenvalue weighted by Gasteiger charge is 2.42. The Morgan fingerprint density at radius 3 is 2.59 bits per heavy atom. The second-order valence-electron chi connectivity index (χ2n) is 6.95. The lowest BCUT2D eigenvalue weighted by Crippen LogP contribution is -2.55. The van der Waals surface area contributed by atoms with Crippen LogP contribution in [0, 0.1) is 5.92 Å². The van der Waals surface area contributed by atoms with Gasteiger partial charge in [-0.15, -0.1) is 24.8 Å². The van der Waals surface area contributed by atoms with Crippen molar-refractivity contribution in [2.45, 2.75) is 31.0 Å². The van der Waals surface area contributed by atoms with Crippen LogP contribution in [0.15, 0.2) is 18.5 Å². The fourth-order valence-electron chi connectivity index (χ4n) is 3.80. The maximum atomic E-state index is 12.9. The number of likely N-dealkylation sites (tertiary alicyclic amines) is 1. The molecule has 2 N–H and O–H groups in total. The molecule has 0 saturated carbocycles. The van der Waals surface area contributed by atoms with Crippen LogP contribution < -0.4 is 10.6 Å². The Morgan fingerprint density at radius 2 is 2.00 bits per heavy atom. The van der Waals surface area contributed by atoms with E-state index in [4.69, 9.17) is 0 Å². The number of halogens is 5. The van der Waals surface area contributed by atoms with Crippen LogP contribution in [0.2, 0.25) is 0 Å². The van der Waals surface area contributed by atoms with Crippen LogP contribution in [-0.2, 0) is 10.3 Å². The summed E-state index contributed by atoms with van der Waals surface area (Å²) in [6.45, 7) is 1.79. The molecule has 0 aliphatic carbocycles. The Labute approximate surface area is 169 Å². The van der Waals surface area contributed by atoms with E-state index >= 15 is 0 Å². The second kappa shape index (κ2) is 9.95. The average Bonchev–Trinajstić information content (AvgIpc) is 3.23. The molecule has 0 spiro atoms. The van der Waals surface area contributed by atoms with Gasteiger partial charge in [0.05, 0.1) is 6.54 Å². The van der Waals surface area contributed by atoms with Crippen molar-refractivity contribution in [2.24, 2.45) is 5.92 Å². The molecule has 11 heteroatoms. The molecule has 27 heavy (non-hydrogen) atoms. The van der Waals surface area contributed by atoms with E-state index in [1.165, 1.54) is 4.90 Å². The third-order valence-electron chi connectivity index (χ3n) is 5.12. The molecule has 1 aromatic rings. The number of amides is 1. The smallest absolute Gasteiger partial charge is 0.354 e. The minimum Gasteiger partial charge on any atom is -0.354 e. The second-order valence-corrected chi connectivity index (χ2v) is 6.95. The van der Waals surface area contributed by atoms with Gasteiger partial charge in [-0.25, -0.2) is 0 Å². The zero-order chi connectivity index (χ0) is 17.9.